The van der Waals surface area contributed by atoms with Gasteiger partial charge in [-0.05, 0) is 31.4 Å². The Morgan fingerprint density at radius 1 is 1.64 bits per heavy atom. The highest BCUT2D eigenvalue weighted by Gasteiger charge is 2.29. The molecule has 3 heteroatoms. The van der Waals surface area contributed by atoms with Gasteiger partial charge in [0.1, 0.15) is 0 Å². The predicted molar refractivity (Wildman–Crippen MR) is 57.0 cm³/mol. The minimum Gasteiger partial charge on any atom is -0.309 e. The van der Waals surface area contributed by atoms with E-state index in [1.165, 1.54) is 25.0 Å². The molecular weight excluding hydrogens is 174 g/mol. The molecule has 0 aromatic carbocycles. The molecule has 0 radical (unpaired) electrons. The van der Waals surface area contributed by atoms with Gasteiger partial charge in [-0.3, -0.25) is 4.68 Å². The summed E-state index contributed by atoms with van der Waals surface area (Å²) in [6.45, 7) is 3.20. The molecule has 0 saturated heterocycles. The average molecular weight is 193 g/mol. The van der Waals surface area contributed by atoms with E-state index >= 15 is 0 Å². The van der Waals surface area contributed by atoms with Crippen molar-refractivity contribution in [3.63, 3.8) is 0 Å². The summed E-state index contributed by atoms with van der Waals surface area (Å²) >= 11 is 0. The molecule has 1 saturated carbocycles. The zero-order valence-corrected chi connectivity index (χ0v) is 9.03. The van der Waals surface area contributed by atoms with Crippen LogP contribution in [0, 0.1) is 5.92 Å². The maximum atomic E-state index is 4.24. The lowest BCUT2D eigenvalue weighted by molar-refractivity contribution is 0.225. The Morgan fingerprint density at radius 2 is 2.43 bits per heavy atom. The van der Waals surface area contributed by atoms with Gasteiger partial charge in [-0.1, -0.05) is 13.3 Å². The number of hydrogen-bond donors (Lipinski definition) is 1. The van der Waals surface area contributed by atoms with E-state index in [-0.39, 0.29) is 0 Å². The maximum absolute atomic E-state index is 4.24. The maximum Gasteiger partial charge on any atom is 0.0553 e. The van der Waals surface area contributed by atoms with Crippen LogP contribution in [0.5, 0.6) is 0 Å². The van der Waals surface area contributed by atoms with Crippen LogP contribution in [0.4, 0.5) is 0 Å². The lowest BCUT2D eigenvalue weighted by Crippen LogP contribution is -2.33. The highest BCUT2D eigenvalue weighted by molar-refractivity contribution is 5.09. The lowest BCUT2D eigenvalue weighted by Gasteiger charge is -2.34. The minimum atomic E-state index is 0.515. The van der Waals surface area contributed by atoms with Crippen molar-refractivity contribution in [3.05, 3.63) is 18.0 Å². The topological polar surface area (TPSA) is 29.9 Å². The first-order valence-corrected chi connectivity index (χ1v) is 5.54. The molecule has 1 aliphatic carbocycles. The normalized spacial score (nSPS) is 19.3. The Kier molecular flexibility index (Phi) is 2.87. The molecule has 1 aromatic heterocycles. The van der Waals surface area contributed by atoms with E-state index in [0.29, 0.717) is 6.04 Å². The second-order valence-electron chi connectivity index (χ2n) is 4.11. The quantitative estimate of drug-likeness (QED) is 0.791. The van der Waals surface area contributed by atoms with Crippen LogP contribution in [0.25, 0.3) is 0 Å². The Labute approximate surface area is 85.5 Å². The Bertz CT molecular complexity index is 288. The fourth-order valence-corrected chi connectivity index (χ4v) is 2.19. The third kappa shape index (κ3) is 1.69. The van der Waals surface area contributed by atoms with Crippen LogP contribution in [-0.4, -0.2) is 16.3 Å². The van der Waals surface area contributed by atoms with Crippen molar-refractivity contribution < 1.29 is 0 Å². The van der Waals surface area contributed by atoms with Gasteiger partial charge >= 0.3 is 0 Å². The van der Waals surface area contributed by atoms with Crippen LogP contribution in [0.1, 0.15) is 37.9 Å². The van der Waals surface area contributed by atoms with Gasteiger partial charge in [0.2, 0.25) is 0 Å². The molecule has 0 spiro atoms. The van der Waals surface area contributed by atoms with E-state index in [1.54, 1.807) is 0 Å². The van der Waals surface area contributed by atoms with Gasteiger partial charge in [0.15, 0.2) is 0 Å². The van der Waals surface area contributed by atoms with Gasteiger partial charge in [0.05, 0.1) is 11.7 Å². The van der Waals surface area contributed by atoms with Gasteiger partial charge in [-0.2, -0.15) is 5.10 Å². The summed E-state index contributed by atoms with van der Waals surface area (Å²) < 4.78 is 1.99. The zero-order valence-electron chi connectivity index (χ0n) is 9.03. The smallest absolute Gasteiger partial charge is 0.0553 e. The summed E-state index contributed by atoms with van der Waals surface area (Å²) in [5.74, 6) is 0.824. The summed E-state index contributed by atoms with van der Waals surface area (Å²) in [7, 11) is 2.03. The monoisotopic (exact) mass is 193 g/mol. The number of aromatic nitrogens is 2. The highest BCUT2D eigenvalue weighted by atomic mass is 15.3. The predicted octanol–water partition coefficient (Wildman–Crippen LogP) is 1.87. The minimum absolute atomic E-state index is 0.515. The molecule has 1 aromatic rings. The Hall–Kier alpha value is -0.830. The van der Waals surface area contributed by atoms with Crippen LogP contribution in [0.3, 0.4) is 0 Å². The van der Waals surface area contributed by atoms with Crippen LogP contribution in [0.2, 0.25) is 0 Å². The first kappa shape index (κ1) is 9.71. The summed E-state index contributed by atoms with van der Waals surface area (Å²) in [6.07, 6.45) is 6.01. The standard InChI is InChI=1S/C11H19N3/c1-3-12-11(9-5-4-6-9)10-7-8-13-14(10)2/h7-9,11-12H,3-6H2,1-2H3. The van der Waals surface area contributed by atoms with Gasteiger partial charge in [0.25, 0.3) is 0 Å². The van der Waals surface area contributed by atoms with Crippen molar-refractivity contribution in [3.8, 4) is 0 Å². The van der Waals surface area contributed by atoms with E-state index < -0.39 is 0 Å². The largest absolute Gasteiger partial charge is 0.309 e. The zero-order chi connectivity index (χ0) is 9.97. The second kappa shape index (κ2) is 4.13. The van der Waals surface area contributed by atoms with Crippen LogP contribution < -0.4 is 5.32 Å². The molecule has 1 atom stereocenters. The van der Waals surface area contributed by atoms with Gasteiger partial charge < -0.3 is 5.32 Å². The third-order valence-corrected chi connectivity index (χ3v) is 3.22. The van der Waals surface area contributed by atoms with E-state index in [1.807, 2.05) is 17.9 Å². The summed E-state index contributed by atoms with van der Waals surface area (Å²) in [5.41, 5.74) is 1.33. The molecule has 0 aliphatic heterocycles. The summed E-state index contributed by atoms with van der Waals surface area (Å²) in [6, 6.07) is 2.65. The van der Waals surface area contributed by atoms with E-state index in [0.717, 1.165) is 12.5 Å². The van der Waals surface area contributed by atoms with Crippen molar-refractivity contribution in [2.75, 3.05) is 6.54 Å². The first-order valence-electron chi connectivity index (χ1n) is 5.54. The molecule has 78 valence electrons. The highest BCUT2D eigenvalue weighted by Crippen LogP contribution is 2.37. The molecule has 1 aliphatic rings. The van der Waals surface area contributed by atoms with Crippen LogP contribution in [-0.2, 0) is 7.05 Å². The van der Waals surface area contributed by atoms with Crippen molar-refractivity contribution in [1.82, 2.24) is 15.1 Å². The molecule has 1 unspecified atom stereocenters. The van der Waals surface area contributed by atoms with Crippen molar-refractivity contribution in [2.24, 2.45) is 13.0 Å². The molecular formula is C11H19N3. The molecule has 14 heavy (non-hydrogen) atoms. The molecule has 3 nitrogen and oxygen atoms in total. The first-order chi connectivity index (χ1) is 6.83. The number of nitrogens with one attached hydrogen (secondary N) is 1. The fraction of sp³-hybridized carbons (Fsp3) is 0.727. The van der Waals surface area contributed by atoms with E-state index in [9.17, 15) is 0 Å². The van der Waals surface area contributed by atoms with E-state index in [4.69, 9.17) is 0 Å². The lowest BCUT2D eigenvalue weighted by atomic mass is 9.78. The number of nitrogens with zero attached hydrogens (tertiary/aromatic N) is 2. The number of hydrogen-bond acceptors (Lipinski definition) is 2. The van der Waals surface area contributed by atoms with Crippen LogP contribution in [0.15, 0.2) is 12.3 Å². The number of rotatable bonds is 4. The van der Waals surface area contributed by atoms with E-state index in [2.05, 4.69) is 23.4 Å². The molecule has 0 amide bonds. The third-order valence-electron chi connectivity index (χ3n) is 3.22. The van der Waals surface area contributed by atoms with Gasteiger partial charge in [0, 0.05) is 13.2 Å². The molecule has 1 N–H and O–H groups in total. The fourth-order valence-electron chi connectivity index (χ4n) is 2.19. The summed E-state index contributed by atoms with van der Waals surface area (Å²) in [5, 5.41) is 7.80. The second-order valence-corrected chi connectivity index (χ2v) is 4.11. The molecule has 1 heterocycles. The molecule has 0 bridgehead atoms. The number of aryl methyl sites for hydroxylation is 1. The van der Waals surface area contributed by atoms with Crippen LogP contribution >= 0.6 is 0 Å². The molecule has 2 rings (SSSR count). The molecule has 1 fully saturated rings. The van der Waals surface area contributed by atoms with Crippen molar-refractivity contribution in [1.29, 1.82) is 0 Å². The Morgan fingerprint density at radius 3 is 2.86 bits per heavy atom. The SMILES string of the molecule is CCNC(c1ccnn1C)C1CCC1. The van der Waals surface area contributed by atoms with Gasteiger partial charge in [-0.25, -0.2) is 0 Å². The Balaban J connectivity index is 2.13. The van der Waals surface area contributed by atoms with Crippen molar-refractivity contribution in [2.45, 2.75) is 32.2 Å². The van der Waals surface area contributed by atoms with Crippen molar-refractivity contribution >= 4 is 0 Å². The van der Waals surface area contributed by atoms with Gasteiger partial charge in [-0.15, -0.1) is 0 Å². The summed E-state index contributed by atoms with van der Waals surface area (Å²) in [4.78, 5) is 0. The average Bonchev–Trinajstić information content (AvgIpc) is 2.47.